The van der Waals surface area contributed by atoms with Crippen molar-refractivity contribution >= 4 is 22.1 Å². The van der Waals surface area contributed by atoms with Crippen LogP contribution in [0, 0.1) is 11.8 Å². The minimum absolute atomic E-state index is 0.220. The van der Waals surface area contributed by atoms with Crippen molar-refractivity contribution in [1.29, 1.82) is 0 Å². The fraction of sp³-hybridized carbons (Fsp3) is 0.519. The third-order valence-electron chi connectivity index (χ3n) is 16.2. The fourth-order valence-electron chi connectivity index (χ4n) is 13.1. The molecule has 2 heterocycles. The van der Waals surface area contributed by atoms with Gasteiger partial charge >= 0.3 is 0 Å². The van der Waals surface area contributed by atoms with Crippen molar-refractivity contribution in [1.82, 2.24) is 19.9 Å². The minimum Gasteiger partial charge on any atom is -0.390 e. The molecular weight excluding hydrogens is 737 g/mol. The summed E-state index contributed by atoms with van der Waals surface area (Å²) in [6.07, 6.45) is 19.6. The molecule has 6 nitrogen and oxygen atoms in total. The first-order valence-electron chi connectivity index (χ1n) is 23.8. The Balaban J connectivity index is 0.000000154. The van der Waals surface area contributed by atoms with Crippen LogP contribution in [0.2, 0.25) is 0 Å². The van der Waals surface area contributed by atoms with Crippen molar-refractivity contribution in [3.05, 3.63) is 107 Å². The van der Waals surface area contributed by atoms with Gasteiger partial charge in [0.25, 0.3) is 0 Å². The smallest absolute Gasteiger partial charge is 0.138 e. The average molecular weight is 805 g/mol. The van der Waals surface area contributed by atoms with E-state index < -0.39 is 11.2 Å². The van der Waals surface area contributed by atoms with Gasteiger partial charge in [0.05, 0.1) is 33.3 Å². The summed E-state index contributed by atoms with van der Waals surface area (Å²) in [5, 5.41) is 22.4. The largest absolute Gasteiger partial charge is 0.390 e. The van der Waals surface area contributed by atoms with E-state index in [0.29, 0.717) is 11.8 Å². The molecule has 316 valence electrons. The van der Waals surface area contributed by atoms with Crippen molar-refractivity contribution in [2.75, 3.05) is 0 Å². The second-order valence-electron chi connectivity index (χ2n) is 19.5. The Hall–Kier alpha value is -4.26. The summed E-state index contributed by atoms with van der Waals surface area (Å²) in [5.41, 5.74) is 12.2. The SMILES string of the molecule is CCC[C@@]1(O)CC[C@@]2(CC)c3ccc(-c4nc5ccccc5[nH]4)cc3CCC[C@H]2C1.CCC[C@]1(O)CC[C@]2(CC)c3ccc(-c4nc5ccccc5[nH]4)cc3CCC[C@@H]2C1. The lowest BCUT2D eigenvalue weighted by molar-refractivity contribution is -0.0545. The van der Waals surface area contributed by atoms with Gasteiger partial charge in [-0.25, -0.2) is 9.97 Å². The molecule has 0 saturated heterocycles. The number of hydrogen-bond donors (Lipinski definition) is 4. The second-order valence-corrected chi connectivity index (χ2v) is 19.5. The summed E-state index contributed by atoms with van der Waals surface area (Å²) in [5.74, 6) is 3.11. The first-order chi connectivity index (χ1) is 29.1. The summed E-state index contributed by atoms with van der Waals surface area (Å²) in [6.45, 7) is 9.11. The van der Waals surface area contributed by atoms with E-state index in [4.69, 9.17) is 9.97 Å². The van der Waals surface area contributed by atoms with Gasteiger partial charge in [-0.15, -0.1) is 0 Å². The van der Waals surface area contributed by atoms with Crippen LogP contribution in [-0.4, -0.2) is 41.4 Å². The predicted octanol–water partition coefficient (Wildman–Crippen LogP) is 13.1. The molecule has 2 fully saturated rings. The molecule has 0 unspecified atom stereocenters. The summed E-state index contributed by atoms with van der Waals surface area (Å²) in [4.78, 5) is 16.6. The Morgan fingerprint density at radius 3 is 1.40 bits per heavy atom. The molecule has 0 aliphatic heterocycles. The maximum atomic E-state index is 11.2. The summed E-state index contributed by atoms with van der Waals surface area (Å²) in [7, 11) is 0. The molecule has 6 aromatic rings. The number of aryl methyl sites for hydroxylation is 2. The van der Waals surface area contributed by atoms with Gasteiger partial charge in [-0.2, -0.15) is 0 Å². The number of nitrogens with one attached hydrogen (secondary N) is 2. The zero-order valence-corrected chi connectivity index (χ0v) is 36.8. The second kappa shape index (κ2) is 16.5. The number of aromatic amines is 2. The average Bonchev–Trinajstić information content (AvgIpc) is 3.82. The van der Waals surface area contributed by atoms with Crippen LogP contribution in [0.4, 0.5) is 0 Å². The van der Waals surface area contributed by atoms with Gasteiger partial charge in [0.15, 0.2) is 0 Å². The Morgan fingerprint density at radius 2 is 1.00 bits per heavy atom. The van der Waals surface area contributed by atoms with Gasteiger partial charge in [0.2, 0.25) is 0 Å². The zero-order valence-electron chi connectivity index (χ0n) is 36.8. The van der Waals surface area contributed by atoms with E-state index in [2.05, 4.69) is 110 Å². The Labute approximate surface area is 358 Å². The Kier molecular flexibility index (Phi) is 11.3. The summed E-state index contributed by atoms with van der Waals surface area (Å²) in [6, 6.07) is 30.6. The van der Waals surface area contributed by atoms with Gasteiger partial charge < -0.3 is 20.2 Å². The van der Waals surface area contributed by atoms with Gasteiger partial charge in [-0.1, -0.05) is 89.1 Å². The quantitative estimate of drug-likeness (QED) is 0.123. The first-order valence-corrected chi connectivity index (χ1v) is 23.8. The van der Waals surface area contributed by atoms with Gasteiger partial charge in [0, 0.05) is 11.1 Å². The van der Waals surface area contributed by atoms with Crippen LogP contribution in [0.5, 0.6) is 0 Å². The number of fused-ring (bicyclic) bond motifs is 8. The number of nitrogens with zero attached hydrogens (tertiary/aromatic N) is 2. The topological polar surface area (TPSA) is 97.8 Å². The molecule has 0 bridgehead atoms. The molecule has 6 heteroatoms. The predicted molar refractivity (Wildman–Crippen MR) is 247 cm³/mol. The molecule has 4 N–H and O–H groups in total. The lowest BCUT2D eigenvalue weighted by Gasteiger charge is -2.50. The maximum absolute atomic E-state index is 11.2. The number of benzene rings is 4. The lowest BCUT2D eigenvalue weighted by Crippen LogP contribution is -2.47. The van der Waals surface area contributed by atoms with Crippen LogP contribution in [0.3, 0.4) is 0 Å². The third kappa shape index (κ3) is 7.44. The van der Waals surface area contributed by atoms with Gasteiger partial charge in [0.1, 0.15) is 11.6 Å². The Bertz CT molecular complexity index is 2210. The standard InChI is InChI=1S/2C27H34N2O/c2*1-3-14-26(30)15-16-27(4-2)21(18-26)9-7-8-19-17-20(12-13-22(19)27)25-28-23-10-5-6-11-24(23)29-25/h2*5-6,10-13,17,21,30H,3-4,7-9,14-16,18H2,1-2H3,(H,28,29)/t2*21-,26+,27+/m10/s1. The molecular formula is C54H68N4O2. The first kappa shape index (κ1) is 41.1. The van der Waals surface area contributed by atoms with Crippen molar-refractivity contribution in [3.8, 4) is 22.8 Å². The molecule has 0 spiro atoms. The third-order valence-corrected chi connectivity index (χ3v) is 16.2. The zero-order chi connectivity index (χ0) is 41.5. The van der Waals surface area contributed by atoms with E-state index in [1.807, 2.05) is 12.1 Å². The van der Waals surface area contributed by atoms with E-state index in [-0.39, 0.29) is 10.8 Å². The number of para-hydroxylation sites is 4. The van der Waals surface area contributed by atoms with Gasteiger partial charge in [-0.3, -0.25) is 0 Å². The molecule has 4 aromatic carbocycles. The molecule has 0 radical (unpaired) electrons. The van der Waals surface area contributed by atoms with E-state index in [1.54, 1.807) is 11.1 Å². The highest BCUT2D eigenvalue weighted by molar-refractivity contribution is 5.80. The van der Waals surface area contributed by atoms with Crippen LogP contribution in [0.1, 0.15) is 153 Å². The lowest BCUT2D eigenvalue weighted by atomic mass is 9.56. The van der Waals surface area contributed by atoms with Crippen LogP contribution in [-0.2, 0) is 23.7 Å². The molecule has 10 rings (SSSR count). The maximum Gasteiger partial charge on any atom is 0.138 e. The fourth-order valence-corrected chi connectivity index (χ4v) is 13.1. The molecule has 2 saturated carbocycles. The van der Waals surface area contributed by atoms with Crippen LogP contribution < -0.4 is 0 Å². The number of hydrogen-bond acceptors (Lipinski definition) is 4. The number of aromatic nitrogens is 4. The van der Waals surface area contributed by atoms with Crippen molar-refractivity contribution in [2.45, 2.75) is 165 Å². The number of imidazole rings is 2. The van der Waals surface area contributed by atoms with E-state index >= 15 is 0 Å². The van der Waals surface area contributed by atoms with Crippen molar-refractivity contribution < 1.29 is 10.2 Å². The minimum atomic E-state index is -0.448. The van der Waals surface area contributed by atoms with Crippen LogP contribution >= 0.6 is 0 Å². The number of H-pyrrole nitrogens is 2. The molecule has 4 aliphatic carbocycles. The summed E-state index contributed by atoms with van der Waals surface area (Å²) >= 11 is 0. The highest BCUT2D eigenvalue weighted by atomic mass is 16.3. The number of aliphatic hydroxyl groups is 2. The molecule has 0 amide bonds. The normalized spacial score (nSPS) is 28.7. The number of rotatable bonds is 8. The molecule has 4 aliphatic rings. The summed E-state index contributed by atoms with van der Waals surface area (Å²) < 4.78 is 0. The molecule has 2 aromatic heterocycles. The highest BCUT2D eigenvalue weighted by Gasteiger charge is 2.50. The van der Waals surface area contributed by atoms with Gasteiger partial charge in [-0.05, 0) is 184 Å². The van der Waals surface area contributed by atoms with Crippen LogP contribution in [0.15, 0.2) is 84.9 Å². The monoisotopic (exact) mass is 805 g/mol. The molecule has 6 atom stereocenters. The van der Waals surface area contributed by atoms with Crippen molar-refractivity contribution in [3.63, 3.8) is 0 Å². The van der Waals surface area contributed by atoms with Crippen LogP contribution in [0.25, 0.3) is 44.8 Å². The Morgan fingerprint density at radius 1 is 0.567 bits per heavy atom. The van der Waals surface area contributed by atoms with E-state index in [0.717, 1.165) is 124 Å². The van der Waals surface area contributed by atoms with E-state index in [9.17, 15) is 10.2 Å². The van der Waals surface area contributed by atoms with Crippen molar-refractivity contribution in [2.24, 2.45) is 11.8 Å². The highest BCUT2D eigenvalue weighted by Crippen LogP contribution is 2.56. The van der Waals surface area contributed by atoms with E-state index in [1.165, 1.54) is 47.9 Å². The molecule has 60 heavy (non-hydrogen) atoms.